The molecule has 2 aromatic carbocycles. The quantitative estimate of drug-likeness (QED) is 0.455. The van der Waals surface area contributed by atoms with Crippen LogP contribution in [0.5, 0.6) is 0 Å². The monoisotopic (exact) mass is 459 g/mol. The van der Waals surface area contributed by atoms with E-state index >= 15 is 0 Å². The number of allylic oxidation sites excluding steroid dienone is 2. The first-order valence-electron chi connectivity index (χ1n) is 10.1. The first kappa shape index (κ1) is 23.9. The van der Waals surface area contributed by atoms with Gasteiger partial charge >= 0.3 is 12.2 Å². The summed E-state index contributed by atoms with van der Waals surface area (Å²) in [6.45, 7) is 1.80. The number of nitrogens with zero attached hydrogens (tertiary/aromatic N) is 1. The molecule has 0 saturated heterocycles. The average Bonchev–Trinajstić information content (AvgIpc) is 2.76. The van der Waals surface area contributed by atoms with Gasteiger partial charge in [0.2, 0.25) is 0 Å². The van der Waals surface area contributed by atoms with Gasteiger partial charge in [0.05, 0.1) is 29.0 Å². The Morgan fingerprint density at radius 3 is 2.48 bits per heavy atom. The average molecular weight is 459 g/mol. The molecule has 2 amide bonds. The Hall–Kier alpha value is -3.80. The molecule has 0 spiro atoms. The van der Waals surface area contributed by atoms with Gasteiger partial charge in [0.1, 0.15) is 5.82 Å². The van der Waals surface area contributed by atoms with Gasteiger partial charge in [-0.15, -0.1) is 0 Å². The van der Waals surface area contributed by atoms with Crippen LogP contribution in [0.25, 0.3) is 0 Å². The molecule has 1 unspecified atom stereocenters. The highest BCUT2D eigenvalue weighted by molar-refractivity contribution is 5.90. The fraction of sp³-hybridized carbons (Fsp3) is 0.250. The van der Waals surface area contributed by atoms with Crippen molar-refractivity contribution in [2.45, 2.75) is 38.4 Å². The molecular weight excluding hydrogens is 438 g/mol. The SMILES string of the molecule is CC=C1CCCC(O)=C1C(NC(=O)Nc1cc(F)cc(C(F)(F)F)c1)c1ccc(C#N)cc1. The van der Waals surface area contributed by atoms with E-state index in [4.69, 9.17) is 5.26 Å². The lowest BCUT2D eigenvalue weighted by Gasteiger charge is -2.28. The number of nitrogens with one attached hydrogen (secondary N) is 2. The van der Waals surface area contributed by atoms with E-state index in [9.17, 15) is 27.5 Å². The number of carbonyl (C=O) groups is 1. The summed E-state index contributed by atoms with van der Waals surface area (Å²) in [7, 11) is 0. The number of benzene rings is 2. The maximum atomic E-state index is 13.7. The minimum atomic E-state index is -4.78. The minimum absolute atomic E-state index is 0.0918. The van der Waals surface area contributed by atoms with Crippen LogP contribution in [0.1, 0.15) is 48.9 Å². The number of urea groups is 1. The first-order valence-corrected chi connectivity index (χ1v) is 10.1. The van der Waals surface area contributed by atoms with E-state index in [-0.39, 0.29) is 11.4 Å². The van der Waals surface area contributed by atoms with Crippen LogP contribution in [-0.4, -0.2) is 11.1 Å². The number of hydrogen-bond donors (Lipinski definition) is 3. The second-order valence-electron chi connectivity index (χ2n) is 7.52. The molecule has 3 N–H and O–H groups in total. The third kappa shape index (κ3) is 5.71. The van der Waals surface area contributed by atoms with Gasteiger partial charge in [-0.3, -0.25) is 0 Å². The van der Waals surface area contributed by atoms with E-state index in [1.807, 2.05) is 12.1 Å². The van der Waals surface area contributed by atoms with Gasteiger partial charge in [-0.25, -0.2) is 9.18 Å². The molecule has 1 aliphatic rings. The van der Waals surface area contributed by atoms with Gasteiger partial charge in [0, 0.05) is 17.7 Å². The van der Waals surface area contributed by atoms with Gasteiger partial charge in [-0.1, -0.05) is 18.2 Å². The third-order valence-corrected chi connectivity index (χ3v) is 5.29. The molecule has 0 aromatic heterocycles. The first-order chi connectivity index (χ1) is 15.6. The van der Waals surface area contributed by atoms with E-state index in [1.165, 1.54) is 0 Å². The Morgan fingerprint density at radius 1 is 1.18 bits per heavy atom. The van der Waals surface area contributed by atoms with E-state index in [1.54, 1.807) is 31.2 Å². The summed E-state index contributed by atoms with van der Waals surface area (Å²) >= 11 is 0. The van der Waals surface area contributed by atoms with Crippen molar-refractivity contribution in [2.75, 3.05) is 5.32 Å². The summed E-state index contributed by atoms with van der Waals surface area (Å²) < 4.78 is 52.7. The highest BCUT2D eigenvalue weighted by Crippen LogP contribution is 2.37. The number of alkyl halides is 3. The van der Waals surface area contributed by atoms with Crippen molar-refractivity contribution in [3.8, 4) is 6.07 Å². The lowest BCUT2D eigenvalue weighted by molar-refractivity contribution is -0.137. The van der Waals surface area contributed by atoms with Crippen LogP contribution in [-0.2, 0) is 6.18 Å². The predicted octanol–water partition coefficient (Wildman–Crippen LogP) is 6.52. The zero-order chi connectivity index (χ0) is 24.2. The van der Waals surface area contributed by atoms with Gasteiger partial charge < -0.3 is 15.7 Å². The topological polar surface area (TPSA) is 85.2 Å². The zero-order valence-electron chi connectivity index (χ0n) is 17.6. The van der Waals surface area contributed by atoms with Crippen LogP contribution in [0.15, 0.2) is 65.4 Å². The summed E-state index contributed by atoms with van der Waals surface area (Å²) in [5, 5.41) is 24.6. The lowest BCUT2D eigenvalue weighted by Crippen LogP contribution is -2.35. The molecule has 3 rings (SSSR count). The van der Waals surface area contributed by atoms with Crippen molar-refractivity contribution >= 4 is 11.7 Å². The molecule has 1 aliphatic carbocycles. The Bertz CT molecular complexity index is 1150. The van der Waals surface area contributed by atoms with Crippen LogP contribution >= 0.6 is 0 Å². The fourth-order valence-corrected chi connectivity index (χ4v) is 3.75. The van der Waals surface area contributed by atoms with Crippen LogP contribution in [0.4, 0.5) is 28.0 Å². The minimum Gasteiger partial charge on any atom is -0.512 e. The number of amides is 2. The number of nitriles is 1. The van der Waals surface area contributed by atoms with Crippen LogP contribution < -0.4 is 10.6 Å². The highest BCUT2D eigenvalue weighted by Gasteiger charge is 2.32. The molecule has 0 bridgehead atoms. The van der Waals surface area contributed by atoms with Gasteiger partial charge in [0.15, 0.2) is 0 Å². The van der Waals surface area contributed by atoms with E-state index in [0.29, 0.717) is 41.7 Å². The second-order valence-corrected chi connectivity index (χ2v) is 7.52. The third-order valence-electron chi connectivity index (χ3n) is 5.29. The Balaban J connectivity index is 1.95. The van der Waals surface area contributed by atoms with E-state index < -0.39 is 29.6 Å². The van der Waals surface area contributed by atoms with Gasteiger partial charge in [-0.05, 0) is 61.2 Å². The van der Waals surface area contributed by atoms with Gasteiger partial charge in [-0.2, -0.15) is 18.4 Å². The Kier molecular flexibility index (Phi) is 7.07. The van der Waals surface area contributed by atoms with Crippen molar-refractivity contribution in [3.63, 3.8) is 0 Å². The maximum Gasteiger partial charge on any atom is 0.416 e. The predicted molar refractivity (Wildman–Crippen MR) is 115 cm³/mol. The molecule has 0 saturated carbocycles. The number of halogens is 4. The molecule has 0 radical (unpaired) electrons. The number of carbonyl (C=O) groups excluding carboxylic acids is 1. The fourth-order valence-electron chi connectivity index (χ4n) is 3.75. The molecule has 5 nitrogen and oxygen atoms in total. The van der Waals surface area contributed by atoms with Crippen molar-refractivity contribution in [2.24, 2.45) is 0 Å². The number of aliphatic hydroxyl groups excluding tert-OH is 1. The molecule has 0 aliphatic heterocycles. The number of anilines is 1. The van der Waals surface area contributed by atoms with Gasteiger partial charge in [0.25, 0.3) is 0 Å². The Labute approximate surface area is 188 Å². The van der Waals surface area contributed by atoms with Crippen LogP contribution in [0, 0.1) is 17.1 Å². The number of rotatable bonds is 4. The molecule has 1 atom stereocenters. The molecule has 0 fully saturated rings. The lowest BCUT2D eigenvalue weighted by atomic mass is 9.84. The Morgan fingerprint density at radius 2 is 1.88 bits per heavy atom. The maximum absolute atomic E-state index is 13.7. The summed E-state index contributed by atoms with van der Waals surface area (Å²) in [4.78, 5) is 12.7. The number of hydrogen-bond acceptors (Lipinski definition) is 3. The number of aliphatic hydroxyl groups is 1. The van der Waals surface area contributed by atoms with Crippen molar-refractivity contribution in [1.82, 2.24) is 5.32 Å². The molecule has 33 heavy (non-hydrogen) atoms. The largest absolute Gasteiger partial charge is 0.512 e. The van der Waals surface area contributed by atoms with Crippen molar-refractivity contribution in [3.05, 3.63) is 88.0 Å². The second kappa shape index (κ2) is 9.77. The van der Waals surface area contributed by atoms with Crippen molar-refractivity contribution < 1.29 is 27.5 Å². The zero-order valence-corrected chi connectivity index (χ0v) is 17.6. The van der Waals surface area contributed by atoms with Crippen molar-refractivity contribution in [1.29, 1.82) is 5.26 Å². The molecular formula is C24H21F4N3O2. The van der Waals surface area contributed by atoms with E-state index in [0.717, 1.165) is 18.1 Å². The molecule has 0 heterocycles. The summed E-state index contributed by atoms with van der Waals surface area (Å²) in [5.41, 5.74) is 0.658. The van der Waals surface area contributed by atoms with Crippen LogP contribution in [0.2, 0.25) is 0 Å². The molecule has 9 heteroatoms. The normalized spacial score (nSPS) is 16.3. The van der Waals surface area contributed by atoms with E-state index in [2.05, 4.69) is 10.6 Å². The summed E-state index contributed by atoms with van der Waals surface area (Å²) in [5.74, 6) is -1.05. The highest BCUT2D eigenvalue weighted by atomic mass is 19.4. The standard InChI is InChI=1S/C24H21F4N3O2/c1-2-15-4-3-5-20(32)21(15)22(16-8-6-14(13-29)7-9-16)31-23(33)30-19-11-17(24(26,27)28)10-18(25)12-19/h2,6-12,22,32H,3-5H2,1H3,(H2,30,31,33). The molecule has 2 aromatic rings. The smallest absolute Gasteiger partial charge is 0.416 e. The summed E-state index contributed by atoms with van der Waals surface area (Å²) in [6, 6.07) is 8.37. The molecule has 172 valence electrons. The van der Waals surface area contributed by atoms with Crippen LogP contribution in [0.3, 0.4) is 0 Å². The summed E-state index contributed by atoms with van der Waals surface area (Å²) in [6.07, 6.45) is -1.15.